The number of Topliss-reactive ketones (excluding diaryl/α,β-unsaturated/α-hetero) is 1. The Bertz CT molecular complexity index is 1550. The van der Waals surface area contributed by atoms with Crippen LogP contribution in [0.4, 0.5) is 0 Å². The fraction of sp³-hybridized carbons (Fsp3) is 0.706. The summed E-state index contributed by atoms with van der Waals surface area (Å²) in [5.41, 5.74) is -2.73. The van der Waals surface area contributed by atoms with Crippen LogP contribution in [-0.2, 0) is 105 Å². The molecule has 0 aromatic heterocycles. The van der Waals surface area contributed by atoms with E-state index in [0.717, 1.165) is 55.6 Å². The minimum absolute atomic E-state index is 0.765. The van der Waals surface area contributed by atoms with Crippen molar-refractivity contribution < 1.29 is 105 Å². The van der Waals surface area contributed by atoms with Gasteiger partial charge < -0.3 is 56.8 Å². The first-order chi connectivity index (χ1) is 27.1. The molecular formula is C34H44Cl2O22. The van der Waals surface area contributed by atoms with Crippen LogP contribution in [0, 0.1) is 0 Å². The number of alkyl halides is 2. The minimum atomic E-state index is -2.73. The van der Waals surface area contributed by atoms with Crippen molar-refractivity contribution in [1.29, 1.82) is 0 Å². The first-order valence-corrected chi connectivity index (χ1v) is 18.2. The van der Waals surface area contributed by atoms with Gasteiger partial charge in [-0.05, 0) is 0 Å². The zero-order chi connectivity index (χ0) is 44.1. The molecule has 2 aliphatic rings. The van der Waals surface area contributed by atoms with Gasteiger partial charge in [-0.15, -0.1) is 23.2 Å². The number of hydrogen-bond donors (Lipinski definition) is 0. The maximum Gasteiger partial charge on any atom is 0.346 e. The summed E-state index contributed by atoms with van der Waals surface area (Å²) in [5.74, 6) is -12.3. The third-order valence-corrected chi connectivity index (χ3v) is 8.45. The standard InChI is InChI=1S/C34H44Cl2O22/c1-14(37)48-12-22(50-16(3)39)27-29(52-18(5)41)30(53-19(6)42)31(54-20(7)43)32(57-27)56-26-21(55-25(45)11-36)9-34(24(44)10-35,33(46)47-8)58-28(26)23(51-17(4)40)13-49-15(2)38/h21-23,26-32H,9-13H2,1-8H3/t21-,22+,23-,26-,27-,28-,29-,30+,31+,32+,34-/m1/s1. The van der Waals surface area contributed by atoms with Crippen LogP contribution in [0.1, 0.15) is 54.9 Å². The van der Waals surface area contributed by atoms with Gasteiger partial charge in [-0.2, -0.15) is 0 Å². The van der Waals surface area contributed by atoms with E-state index in [0.29, 0.717) is 0 Å². The molecule has 0 unspecified atom stereocenters. The SMILES string of the molecule is COC(=O)[C@]1(C(=O)CCl)C[C@@H](OC(=O)CCl)[C@@H](O[C@H]2O[C@H]([C@H](COC(C)=O)OC(C)=O)[C@@H](OC(C)=O)[C@H](OC(C)=O)[C@@H]2OC(C)=O)[C@@H]([C@@H](COC(C)=O)OC(C)=O)O1. The van der Waals surface area contributed by atoms with E-state index in [4.69, 9.17) is 80.0 Å². The predicted octanol–water partition coefficient (Wildman–Crippen LogP) is -0.460. The van der Waals surface area contributed by atoms with Crippen molar-refractivity contribution in [3.8, 4) is 0 Å². The largest absolute Gasteiger partial charge is 0.467 e. The van der Waals surface area contributed by atoms with Crippen LogP contribution in [-0.4, -0.2) is 158 Å². The zero-order valence-corrected chi connectivity index (χ0v) is 34.1. The van der Waals surface area contributed by atoms with Gasteiger partial charge in [0.1, 0.15) is 43.5 Å². The lowest BCUT2D eigenvalue weighted by Gasteiger charge is -2.50. The lowest BCUT2D eigenvalue weighted by Crippen LogP contribution is -2.70. The average Bonchev–Trinajstić information content (AvgIpc) is 3.12. The molecular weight excluding hydrogens is 831 g/mol. The molecule has 0 aromatic rings. The second kappa shape index (κ2) is 22.5. The van der Waals surface area contributed by atoms with Crippen LogP contribution in [0.5, 0.6) is 0 Å². The highest BCUT2D eigenvalue weighted by molar-refractivity contribution is 6.31. The molecule has 0 aliphatic carbocycles. The van der Waals surface area contributed by atoms with Gasteiger partial charge in [0, 0.05) is 54.9 Å². The molecule has 2 saturated heterocycles. The molecule has 326 valence electrons. The summed E-state index contributed by atoms with van der Waals surface area (Å²) in [6.45, 7) is 5.10. The number of carbonyl (C=O) groups is 10. The summed E-state index contributed by atoms with van der Waals surface area (Å²) < 4.78 is 66.3. The normalized spacial score (nSPS) is 27.6. The number of halogens is 2. The molecule has 0 amide bonds. The van der Waals surface area contributed by atoms with Gasteiger partial charge in [0.25, 0.3) is 0 Å². The summed E-state index contributed by atoms with van der Waals surface area (Å²) >= 11 is 11.7. The summed E-state index contributed by atoms with van der Waals surface area (Å²) in [6, 6.07) is 0. The quantitative estimate of drug-likeness (QED) is 0.0729. The first kappa shape index (κ1) is 49.5. The Morgan fingerprint density at radius 3 is 1.52 bits per heavy atom. The fourth-order valence-corrected chi connectivity index (χ4v) is 6.28. The Labute approximate surface area is 340 Å². The van der Waals surface area contributed by atoms with E-state index in [2.05, 4.69) is 0 Å². The van der Waals surface area contributed by atoms with Crippen LogP contribution >= 0.6 is 23.2 Å². The highest BCUT2D eigenvalue weighted by atomic mass is 35.5. The van der Waals surface area contributed by atoms with E-state index in [1.54, 1.807) is 0 Å². The highest BCUT2D eigenvalue weighted by Crippen LogP contribution is 2.40. The summed E-state index contributed by atoms with van der Waals surface area (Å²) in [7, 11) is 0.887. The molecule has 0 saturated carbocycles. The number of hydrogen-bond acceptors (Lipinski definition) is 22. The molecule has 22 nitrogen and oxygen atoms in total. The molecule has 2 fully saturated rings. The van der Waals surface area contributed by atoms with E-state index >= 15 is 0 Å². The zero-order valence-electron chi connectivity index (χ0n) is 32.5. The topological polar surface area (TPSA) is 281 Å². The Kier molecular flexibility index (Phi) is 19.2. The van der Waals surface area contributed by atoms with Crippen LogP contribution < -0.4 is 0 Å². The Morgan fingerprint density at radius 2 is 1.09 bits per heavy atom. The van der Waals surface area contributed by atoms with Gasteiger partial charge in [0.05, 0.1) is 13.0 Å². The molecule has 0 spiro atoms. The Morgan fingerprint density at radius 1 is 0.603 bits per heavy atom. The maximum absolute atomic E-state index is 13.5. The maximum atomic E-state index is 13.5. The van der Waals surface area contributed by atoms with Gasteiger partial charge in [-0.25, -0.2) is 4.79 Å². The number of carbonyl (C=O) groups excluding carboxylic acids is 10. The van der Waals surface area contributed by atoms with Gasteiger partial charge in [0.2, 0.25) is 5.60 Å². The molecule has 2 heterocycles. The summed E-state index contributed by atoms with van der Waals surface area (Å²) in [5, 5.41) is 0. The number of esters is 9. The van der Waals surface area contributed by atoms with E-state index in [1.807, 2.05) is 0 Å². The Balaban J connectivity index is 3.04. The number of ether oxygens (including phenoxy) is 12. The number of ketones is 1. The number of rotatable bonds is 18. The van der Waals surface area contributed by atoms with Crippen molar-refractivity contribution >= 4 is 82.7 Å². The molecule has 0 aromatic carbocycles. The minimum Gasteiger partial charge on any atom is -0.467 e. The van der Waals surface area contributed by atoms with Crippen molar-refractivity contribution in [2.24, 2.45) is 0 Å². The second-order valence-electron chi connectivity index (χ2n) is 12.5. The second-order valence-corrected chi connectivity index (χ2v) is 13.1. The van der Waals surface area contributed by atoms with Crippen molar-refractivity contribution in [3.63, 3.8) is 0 Å². The van der Waals surface area contributed by atoms with Crippen LogP contribution in [0.15, 0.2) is 0 Å². The molecule has 0 bridgehead atoms. The van der Waals surface area contributed by atoms with Crippen LogP contribution in [0.3, 0.4) is 0 Å². The molecule has 0 N–H and O–H groups in total. The van der Waals surface area contributed by atoms with Crippen molar-refractivity contribution in [1.82, 2.24) is 0 Å². The van der Waals surface area contributed by atoms with Gasteiger partial charge in [-0.1, -0.05) is 0 Å². The molecule has 2 rings (SSSR count). The summed E-state index contributed by atoms with van der Waals surface area (Å²) in [4.78, 5) is 126. The van der Waals surface area contributed by atoms with Gasteiger partial charge >= 0.3 is 53.7 Å². The molecule has 58 heavy (non-hydrogen) atoms. The van der Waals surface area contributed by atoms with E-state index in [1.165, 1.54) is 0 Å². The molecule has 2 aliphatic heterocycles. The third kappa shape index (κ3) is 13.7. The van der Waals surface area contributed by atoms with Crippen molar-refractivity contribution in [2.75, 3.05) is 32.1 Å². The van der Waals surface area contributed by atoms with Crippen LogP contribution in [0.2, 0.25) is 0 Å². The van der Waals surface area contributed by atoms with E-state index in [9.17, 15) is 47.9 Å². The first-order valence-electron chi connectivity index (χ1n) is 17.1. The van der Waals surface area contributed by atoms with Crippen molar-refractivity contribution in [2.45, 2.75) is 122 Å². The van der Waals surface area contributed by atoms with E-state index < -0.39 is 158 Å². The molecule has 0 radical (unpaired) electrons. The lowest BCUT2D eigenvalue weighted by atomic mass is 9.83. The third-order valence-electron chi connectivity index (χ3n) is 7.99. The molecule has 24 heteroatoms. The van der Waals surface area contributed by atoms with Gasteiger partial charge in [-0.3, -0.25) is 43.2 Å². The molecule has 11 atom stereocenters. The number of methoxy groups -OCH3 is 1. The smallest absolute Gasteiger partial charge is 0.346 e. The Hall–Kier alpha value is -4.64. The van der Waals surface area contributed by atoms with Crippen molar-refractivity contribution in [3.05, 3.63) is 0 Å². The van der Waals surface area contributed by atoms with Gasteiger partial charge in [0.15, 0.2) is 42.6 Å². The van der Waals surface area contributed by atoms with E-state index in [-0.39, 0.29) is 0 Å². The summed E-state index contributed by atoms with van der Waals surface area (Å²) in [6.07, 6.45) is -20.0. The fourth-order valence-electron chi connectivity index (χ4n) is 6.00. The van der Waals surface area contributed by atoms with Crippen LogP contribution in [0.25, 0.3) is 0 Å². The highest BCUT2D eigenvalue weighted by Gasteiger charge is 2.63. The monoisotopic (exact) mass is 874 g/mol. The average molecular weight is 876 g/mol. The predicted molar refractivity (Wildman–Crippen MR) is 185 cm³/mol. The lowest BCUT2D eigenvalue weighted by molar-refractivity contribution is -0.349.